The molecule has 15 heavy (non-hydrogen) atoms. The molecular formula is C12H19N3. The molecular weight excluding hydrogens is 186 g/mol. The van der Waals surface area contributed by atoms with Crippen LogP contribution in [0.2, 0.25) is 0 Å². The van der Waals surface area contributed by atoms with Gasteiger partial charge in [0.05, 0.1) is 18.0 Å². The summed E-state index contributed by atoms with van der Waals surface area (Å²) in [4.78, 5) is 2.42. The summed E-state index contributed by atoms with van der Waals surface area (Å²) in [5.41, 5.74) is 2.59. The Kier molecular flexibility index (Phi) is 3.11. The molecule has 1 heterocycles. The van der Waals surface area contributed by atoms with Crippen LogP contribution < -0.4 is 15.5 Å². The van der Waals surface area contributed by atoms with Crippen LogP contribution in [0, 0.1) is 0 Å². The molecule has 1 atom stereocenters. The molecule has 1 aliphatic heterocycles. The van der Waals surface area contributed by atoms with Crippen molar-refractivity contribution >= 4 is 11.4 Å². The summed E-state index contributed by atoms with van der Waals surface area (Å²) in [6.07, 6.45) is 1.17. The molecule has 1 aromatic rings. The number of nitrogens with one attached hydrogen (secondary N) is 2. The second-order valence-electron chi connectivity index (χ2n) is 4.06. The predicted octanol–water partition coefficient (Wildman–Crippen LogP) is 1.87. The van der Waals surface area contributed by atoms with Gasteiger partial charge in [0.15, 0.2) is 0 Å². The Bertz CT molecular complexity index is 324. The molecule has 2 N–H and O–H groups in total. The summed E-state index contributed by atoms with van der Waals surface area (Å²) < 4.78 is 0. The second kappa shape index (κ2) is 4.53. The lowest BCUT2D eigenvalue weighted by atomic mass is 10.2. The summed E-state index contributed by atoms with van der Waals surface area (Å²) in [6, 6.07) is 9.08. The van der Waals surface area contributed by atoms with Gasteiger partial charge in [0.1, 0.15) is 0 Å². The van der Waals surface area contributed by atoms with Crippen molar-refractivity contribution < 1.29 is 0 Å². The molecule has 0 aromatic heterocycles. The Hall–Kier alpha value is -1.22. The maximum atomic E-state index is 3.41. The molecule has 0 aliphatic carbocycles. The van der Waals surface area contributed by atoms with E-state index in [1.54, 1.807) is 0 Å². The highest BCUT2D eigenvalue weighted by Crippen LogP contribution is 2.32. The number of anilines is 2. The summed E-state index contributed by atoms with van der Waals surface area (Å²) >= 11 is 0. The number of para-hydroxylation sites is 2. The van der Waals surface area contributed by atoms with Gasteiger partial charge in [-0.3, -0.25) is 0 Å². The molecule has 0 bridgehead atoms. The fraction of sp³-hybridized carbons (Fsp3) is 0.500. The van der Waals surface area contributed by atoms with E-state index < -0.39 is 0 Å². The summed E-state index contributed by atoms with van der Waals surface area (Å²) in [5, 5.41) is 6.61. The first-order valence-corrected chi connectivity index (χ1v) is 5.57. The van der Waals surface area contributed by atoms with Crippen LogP contribution in [-0.2, 0) is 0 Å². The van der Waals surface area contributed by atoms with Crippen molar-refractivity contribution in [2.75, 3.05) is 30.5 Å². The van der Waals surface area contributed by atoms with Gasteiger partial charge >= 0.3 is 0 Å². The summed E-state index contributed by atoms with van der Waals surface area (Å²) in [5.74, 6) is 0. The monoisotopic (exact) mass is 205 g/mol. The minimum Gasteiger partial charge on any atom is -0.366 e. The molecule has 0 spiro atoms. The first-order chi connectivity index (χ1) is 7.33. The third-order valence-electron chi connectivity index (χ3n) is 3.00. The predicted molar refractivity (Wildman–Crippen MR) is 65.4 cm³/mol. The van der Waals surface area contributed by atoms with Crippen molar-refractivity contribution in [3.8, 4) is 0 Å². The van der Waals surface area contributed by atoms with Gasteiger partial charge in [0.2, 0.25) is 0 Å². The molecule has 1 aliphatic rings. The number of fused-ring (bicyclic) bond motifs is 1. The molecule has 0 saturated carbocycles. The highest BCUT2D eigenvalue weighted by Gasteiger charge is 2.21. The van der Waals surface area contributed by atoms with Crippen molar-refractivity contribution in [2.24, 2.45) is 0 Å². The topological polar surface area (TPSA) is 27.3 Å². The minimum absolute atomic E-state index is 0.577. The number of benzene rings is 1. The lowest BCUT2D eigenvalue weighted by Gasteiger charge is -2.26. The number of rotatable bonds is 4. The third-order valence-corrected chi connectivity index (χ3v) is 3.00. The van der Waals surface area contributed by atoms with Crippen LogP contribution in [0.5, 0.6) is 0 Å². The fourth-order valence-electron chi connectivity index (χ4n) is 2.03. The van der Waals surface area contributed by atoms with Crippen molar-refractivity contribution in [1.29, 1.82) is 0 Å². The molecule has 0 amide bonds. The van der Waals surface area contributed by atoms with Gasteiger partial charge in [0, 0.05) is 6.04 Å². The van der Waals surface area contributed by atoms with E-state index in [0.29, 0.717) is 6.04 Å². The standard InChI is InChI=1S/C12H19N3/c1-10(7-8-13-2)15-9-14-11-5-3-4-6-12(11)15/h3-6,10,13-14H,7-9H2,1-2H3. The normalized spacial score (nSPS) is 16.0. The Morgan fingerprint density at radius 1 is 1.47 bits per heavy atom. The molecule has 3 nitrogen and oxygen atoms in total. The quantitative estimate of drug-likeness (QED) is 0.786. The highest BCUT2D eigenvalue weighted by molar-refractivity contribution is 5.74. The van der Waals surface area contributed by atoms with Gasteiger partial charge in [-0.05, 0) is 39.1 Å². The lowest BCUT2D eigenvalue weighted by molar-refractivity contribution is 0.588. The van der Waals surface area contributed by atoms with Gasteiger partial charge in [-0.15, -0.1) is 0 Å². The first kappa shape index (κ1) is 10.3. The number of hydrogen-bond donors (Lipinski definition) is 2. The summed E-state index contributed by atoms with van der Waals surface area (Å²) in [7, 11) is 2.00. The van der Waals surface area contributed by atoms with Crippen molar-refractivity contribution in [1.82, 2.24) is 5.32 Å². The van der Waals surface area contributed by atoms with Crippen molar-refractivity contribution in [2.45, 2.75) is 19.4 Å². The number of hydrogen-bond acceptors (Lipinski definition) is 3. The van der Waals surface area contributed by atoms with Crippen LogP contribution in [0.3, 0.4) is 0 Å². The zero-order valence-corrected chi connectivity index (χ0v) is 9.46. The molecule has 0 fully saturated rings. The van der Waals surface area contributed by atoms with Crippen LogP contribution in [0.1, 0.15) is 13.3 Å². The lowest BCUT2D eigenvalue weighted by Crippen LogP contribution is -2.34. The second-order valence-corrected chi connectivity index (χ2v) is 4.06. The van der Waals surface area contributed by atoms with Crippen molar-refractivity contribution in [3.05, 3.63) is 24.3 Å². The average Bonchev–Trinajstić information content (AvgIpc) is 2.69. The van der Waals surface area contributed by atoms with E-state index in [1.807, 2.05) is 7.05 Å². The first-order valence-electron chi connectivity index (χ1n) is 5.57. The molecule has 1 aromatic carbocycles. The van der Waals surface area contributed by atoms with E-state index in [9.17, 15) is 0 Å². The zero-order valence-electron chi connectivity index (χ0n) is 9.46. The van der Waals surface area contributed by atoms with Gasteiger partial charge in [-0.25, -0.2) is 0 Å². The van der Waals surface area contributed by atoms with Gasteiger partial charge in [0.25, 0.3) is 0 Å². The SMILES string of the molecule is CNCCC(C)N1CNc2ccccc21. The van der Waals surface area contributed by atoms with Crippen LogP contribution in [0.15, 0.2) is 24.3 Å². The maximum absolute atomic E-state index is 3.41. The van der Waals surface area contributed by atoms with E-state index in [2.05, 4.69) is 46.7 Å². The molecule has 82 valence electrons. The summed E-state index contributed by atoms with van der Waals surface area (Å²) in [6.45, 7) is 4.28. The van der Waals surface area contributed by atoms with E-state index in [1.165, 1.54) is 17.8 Å². The van der Waals surface area contributed by atoms with E-state index >= 15 is 0 Å². The van der Waals surface area contributed by atoms with Crippen LogP contribution in [-0.4, -0.2) is 26.3 Å². The maximum Gasteiger partial charge on any atom is 0.0880 e. The highest BCUT2D eigenvalue weighted by atomic mass is 15.3. The van der Waals surface area contributed by atoms with Gasteiger partial charge in [-0.2, -0.15) is 0 Å². The van der Waals surface area contributed by atoms with E-state index in [0.717, 1.165) is 13.2 Å². The Labute approximate surface area is 91.5 Å². The third kappa shape index (κ3) is 2.07. The minimum atomic E-state index is 0.577. The Morgan fingerprint density at radius 3 is 3.07 bits per heavy atom. The van der Waals surface area contributed by atoms with Crippen LogP contribution >= 0.6 is 0 Å². The smallest absolute Gasteiger partial charge is 0.0880 e. The Morgan fingerprint density at radius 2 is 2.27 bits per heavy atom. The van der Waals surface area contributed by atoms with Crippen LogP contribution in [0.25, 0.3) is 0 Å². The fourth-order valence-corrected chi connectivity index (χ4v) is 2.03. The van der Waals surface area contributed by atoms with E-state index in [4.69, 9.17) is 0 Å². The zero-order chi connectivity index (χ0) is 10.7. The van der Waals surface area contributed by atoms with E-state index in [-0.39, 0.29) is 0 Å². The Balaban J connectivity index is 2.06. The van der Waals surface area contributed by atoms with Gasteiger partial charge < -0.3 is 15.5 Å². The average molecular weight is 205 g/mol. The van der Waals surface area contributed by atoms with Crippen LogP contribution in [0.4, 0.5) is 11.4 Å². The van der Waals surface area contributed by atoms with Gasteiger partial charge in [-0.1, -0.05) is 12.1 Å². The molecule has 1 unspecified atom stereocenters. The molecule has 0 radical (unpaired) electrons. The molecule has 0 saturated heterocycles. The molecule has 3 heteroatoms. The van der Waals surface area contributed by atoms with Crippen molar-refractivity contribution in [3.63, 3.8) is 0 Å². The molecule has 2 rings (SSSR count). The largest absolute Gasteiger partial charge is 0.366 e. The number of nitrogens with zero attached hydrogens (tertiary/aromatic N) is 1.